The van der Waals surface area contributed by atoms with Gasteiger partial charge in [-0.1, -0.05) is 6.92 Å². The number of hydrogen-bond donors (Lipinski definition) is 1. The highest BCUT2D eigenvalue weighted by Crippen LogP contribution is 2.27. The van der Waals surface area contributed by atoms with E-state index < -0.39 is 0 Å². The van der Waals surface area contributed by atoms with Crippen LogP contribution >= 0.6 is 24.0 Å². The Hall–Kier alpha value is -1.65. The highest BCUT2D eigenvalue weighted by atomic mass is 127. The summed E-state index contributed by atoms with van der Waals surface area (Å²) in [4.78, 5) is 11.3. The number of guanidine groups is 1. The average Bonchev–Trinajstić information content (AvgIpc) is 3.24. The van der Waals surface area contributed by atoms with Gasteiger partial charge in [-0.15, -0.1) is 34.2 Å². The zero-order valence-electron chi connectivity index (χ0n) is 15.0. The van der Waals surface area contributed by atoms with E-state index >= 15 is 0 Å². The first-order chi connectivity index (χ1) is 11.7. The average molecular weight is 458 g/mol. The molecule has 25 heavy (non-hydrogen) atoms. The van der Waals surface area contributed by atoms with Gasteiger partial charge in [0.1, 0.15) is 12.9 Å². The molecule has 0 saturated carbocycles. The van der Waals surface area contributed by atoms with Crippen molar-refractivity contribution in [1.29, 1.82) is 0 Å². The molecule has 2 unspecified atom stereocenters. The summed E-state index contributed by atoms with van der Waals surface area (Å²) in [5.41, 5.74) is 0. The number of halogens is 1. The molecule has 1 fully saturated rings. The maximum atomic E-state index is 4.76. The van der Waals surface area contributed by atoms with Gasteiger partial charge in [-0.2, -0.15) is 0 Å². The summed E-state index contributed by atoms with van der Waals surface area (Å²) >= 11 is 0. The van der Waals surface area contributed by atoms with Crippen LogP contribution in [0.5, 0.6) is 0 Å². The fraction of sp³-hybridized carbons (Fsp3) is 0.625. The van der Waals surface area contributed by atoms with Crippen molar-refractivity contribution in [2.24, 2.45) is 18.0 Å². The molecule has 0 spiro atoms. The molecule has 2 atom stereocenters. The van der Waals surface area contributed by atoms with E-state index in [4.69, 9.17) is 4.99 Å². The Morgan fingerprint density at radius 3 is 2.88 bits per heavy atom. The van der Waals surface area contributed by atoms with E-state index in [2.05, 4.69) is 43.8 Å². The minimum atomic E-state index is 0. The van der Waals surface area contributed by atoms with Crippen molar-refractivity contribution in [3.8, 4) is 0 Å². The number of nitrogens with one attached hydrogen (secondary N) is 1. The highest BCUT2D eigenvalue weighted by molar-refractivity contribution is 14.0. The zero-order valence-corrected chi connectivity index (χ0v) is 17.4. The molecule has 138 valence electrons. The second-order valence-electron chi connectivity index (χ2n) is 6.32. The second-order valence-corrected chi connectivity index (χ2v) is 6.32. The lowest BCUT2D eigenvalue weighted by Crippen LogP contribution is -2.49. The van der Waals surface area contributed by atoms with Gasteiger partial charge in [0.2, 0.25) is 0 Å². The van der Waals surface area contributed by atoms with Crippen LogP contribution in [0.1, 0.15) is 32.1 Å². The van der Waals surface area contributed by atoms with Crippen molar-refractivity contribution >= 4 is 29.9 Å². The van der Waals surface area contributed by atoms with E-state index in [0.717, 1.165) is 37.8 Å². The summed E-state index contributed by atoms with van der Waals surface area (Å²) in [5.74, 6) is 2.43. The molecule has 0 bridgehead atoms. The molecule has 2 aromatic rings. The summed E-state index contributed by atoms with van der Waals surface area (Å²) in [7, 11) is 1.94. The van der Waals surface area contributed by atoms with Crippen molar-refractivity contribution < 1.29 is 0 Å². The number of imidazole rings is 1. The number of aryl methyl sites for hydroxylation is 1. The molecule has 1 aliphatic heterocycles. The first-order valence-electron chi connectivity index (χ1n) is 8.52. The Morgan fingerprint density at radius 2 is 2.24 bits per heavy atom. The third-order valence-electron chi connectivity index (χ3n) is 4.64. The topological polar surface area (TPSA) is 76.2 Å². The van der Waals surface area contributed by atoms with Crippen LogP contribution in [0.2, 0.25) is 0 Å². The molecule has 0 aromatic carbocycles. The smallest absolute Gasteiger partial charge is 0.194 e. The van der Waals surface area contributed by atoms with Crippen molar-refractivity contribution in [1.82, 2.24) is 34.5 Å². The van der Waals surface area contributed by atoms with Gasteiger partial charge in [-0.05, 0) is 19.3 Å². The third-order valence-corrected chi connectivity index (χ3v) is 4.64. The molecule has 2 aromatic heterocycles. The van der Waals surface area contributed by atoms with Crippen LogP contribution in [0, 0.1) is 5.92 Å². The van der Waals surface area contributed by atoms with E-state index in [1.54, 1.807) is 6.33 Å². The number of hydrogen-bond acceptors (Lipinski definition) is 4. The molecule has 0 radical (unpaired) electrons. The molecular formula is C16H27IN8. The van der Waals surface area contributed by atoms with Crippen LogP contribution in [-0.4, -0.2) is 54.8 Å². The van der Waals surface area contributed by atoms with Crippen LogP contribution in [0.3, 0.4) is 0 Å². The maximum Gasteiger partial charge on any atom is 0.194 e. The number of piperidine rings is 1. The van der Waals surface area contributed by atoms with Crippen LogP contribution < -0.4 is 5.32 Å². The number of likely N-dealkylation sites (tertiary alicyclic amines) is 1. The van der Waals surface area contributed by atoms with Gasteiger partial charge in [-0.3, -0.25) is 0 Å². The quantitative estimate of drug-likeness (QED) is 0.429. The predicted molar refractivity (Wildman–Crippen MR) is 108 cm³/mol. The molecule has 0 aliphatic carbocycles. The molecule has 3 rings (SSSR count). The van der Waals surface area contributed by atoms with E-state index in [-0.39, 0.29) is 24.0 Å². The lowest BCUT2D eigenvalue weighted by atomic mass is 9.93. The molecule has 1 N–H and O–H groups in total. The fourth-order valence-corrected chi connectivity index (χ4v) is 3.12. The summed E-state index contributed by atoms with van der Waals surface area (Å²) < 4.78 is 4.11. The number of aromatic nitrogens is 5. The summed E-state index contributed by atoms with van der Waals surface area (Å²) in [6.45, 7) is 7.72. The van der Waals surface area contributed by atoms with Gasteiger partial charge in [0.15, 0.2) is 11.8 Å². The predicted octanol–water partition coefficient (Wildman–Crippen LogP) is 1.68. The minimum Gasteiger partial charge on any atom is -0.357 e. The fourth-order valence-electron chi connectivity index (χ4n) is 3.12. The van der Waals surface area contributed by atoms with E-state index in [9.17, 15) is 0 Å². The molecule has 8 nitrogen and oxygen atoms in total. The zero-order chi connectivity index (χ0) is 16.9. The second kappa shape index (κ2) is 9.16. The first kappa shape index (κ1) is 19.7. The van der Waals surface area contributed by atoms with Crippen LogP contribution in [-0.2, 0) is 13.6 Å². The molecule has 9 heteroatoms. The van der Waals surface area contributed by atoms with Crippen molar-refractivity contribution in [2.75, 3.05) is 19.6 Å². The molecular weight excluding hydrogens is 431 g/mol. The maximum absolute atomic E-state index is 4.76. The standard InChI is InChI=1S/C16H26N8.HI/c1-4-18-16(19-9-15-21-20-12-22(15)3)23-7-5-13(2)14(10-23)24-8-6-17-11-24;/h6,8,11-14H,4-5,7,9-10H2,1-3H3,(H,18,19);1H. The van der Waals surface area contributed by atoms with Crippen molar-refractivity contribution in [3.05, 3.63) is 30.9 Å². The Balaban J connectivity index is 0.00000225. The Kier molecular flexibility index (Phi) is 7.21. The van der Waals surface area contributed by atoms with Gasteiger partial charge in [0.05, 0.1) is 12.4 Å². The number of rotatable bonds is 4. The van der Waals surface area contributed by atoms with Gasteiger partial charge in [0, 0.05) is 39.1 Å². The van der Waals surface area contributed by atoms with Gasteiger partial charge >= 0.3 is 0 Å². The lowest BCUT2D eigenvalue weighted by molar-refractivity contribution is 0.189. The minimum absolute atomic E-state index is 0. The van der Waals surface area contributed by atoms with Crippen molar-refractivity contribution in [3.63, 3.8) is 0 Å². The molecule has 0 amide bonds. The monoisotopic (exact) mass is 458 g/mol. The van der Waals surface area contributed by atoms with Gasteiger partial charge < -0.3 is 19.4 Å². The Morgan fingerprint density at radius 1 is 1.40 bits per heavy atom. The van der Waals surface area contributed by atoms with Gasteiger partial charge in [0.25, 0.3) is 0 Å². The van der Waals surface area contributed by atoms with E-state index in [0.29, 0.717) is 18.5 Å². The summed E-state index contributed by atoms with van der Waals surface area (Å²) in [5, 5.41) is 11.4. The summed E-state index contributed by atoms with van der Waals surface area (Å²) in [6.07, 6.45) is 8.65. The lowest BCUT2D eigenvalue weighted by Gasteiger charge is -2.39. The molecule has 1 saturated heterocycles. The molecule has 3 heterocycles. The van der Waals surface area contributed by atoms with E-state index in [1.165, 1.54) is 0 Å². The number of aliphatic imine (C=N–C) groups is 1. The van der Waals surface area contributed by atoms with Crippen LogP contribution in [0.4, 0.5) is 0 Å². The largest absolute Gasteiger partial charge is 0.357 e. The Bertz CT molecular complexity index is 665. The van der Waals surface area contributed by atoms with Crippen LogP contribution in [0.15, 0.2) is 30.0 Å². The Labute approximate surface area is 165 Å². The number of nitrogens with zero attached hydrogens (tertiary/aromatic N) is 7. The normalized spacial score (nSPS) is 21.1. The van der Waals surface area contributed by atoms with Crippen molar-refractivity contribution in [2.45, 2.75) is 32.9 Å². The highest BCUT2D eigenvalue weighted by Gasteiger charge is 2.28. The van der Waals surface area contributed by atoms with Gasteiger partial charge in [-0.25, -0.2) is 9.98 Å². The van der Waals surface area contributed by atoms with Crippen LogP contribution in [0.25, 0.3) is 0 Å². The SMILES string of the molecule is CCNC(=NCc1nncn1C)N1CCC(C)C(n2ccnc2)C1.I. The molecule has 1 aliphatic rings. The third kappa shape index (κ3) is 4.71. The summed E-state index contributed by atoms with van der Waals surface area (Å²) in [6, 6.07) is 0.417. The van der Waals surface area contributed by atoms with E-state index in [1.807, 2.05) is 30.3 Å². The first-order valence-corrected chi connectivity index (χ1v) is 8.52.